The van der Waals surface area contributed by atoms with Crippen molar-refractivity contribution >= 4 is 23.4 Å². The zero-order valence-corrected chi connectivity index (χ0v) is 13.9. The predicted molar refractivity (Wildman–Crippen MR) is 89.6 cm³/mol. The number of nitrogens with zero attached hydrogens (tertiary/aromatic N) is 2. The minimum Gasteiger partial charge on any atom is -0.490 e. The van der Waals surface area contributed by atoms with E-state index in [0.29, 0.717) is 30.9 Å². The molecule has 1 aromatic carbocycles. The highest BCUT2D eigenvalue weighted by Gasteiger charge is 2.42. The summed E-state index contributed by atoms with van der Waals surface area (Å²) in [5.41, 5.74) is 1.47. The van der Waals surface area contributed by atoms with Gasteiger partial charge in [0.05, 0.1) is 18.8 Å². The van der Waals surface area contributed by atoms with Crippen LogP contribution in [0.25, 0.3) is 0 Å². The highest BCUT2D eigenvalue weighted by molar-refractivity contribution is 5.97. The smallest absolute Gasteiger partial charge is 0.251 e. The second-order valence-electron chi connectivity index (χ2n) is 6.64. The summed E-state index contributed by atoms with van der Waals surface area (Å²) in [4.78, 5) is 40.0. The molecule has 3 amide bonds. The second kappa shape index (κ2) is 5.94. The van der Waals surface area contributed by atoms with Crippen molar-refractivity contribution in [2.24, 2.45) is 0 Å². The lowest BCUT2D eigenvalue weighted by Crippen LogP contribution is -2.55. The van der Waals surface area contributed by atoms with E-state index in [9.17, 15) is 14.4 Å². The number of ether oxygens (including phenoxy) is 1. The van der Waals surface area contributed by atoms with Crippen LogP contribution in [0.1, 0.15) is 16.8 Å². The Morgan fingerprint density at radius 2 is 2.20 bits per heavy atom. The van der Waals surface area contributed by atoms with E-state index in [-0.39, 0.29) is 30.3 Å². The third-order valence-electron chi connectivity index (χ3n) is 4.99. The molecule has 0 unspecified atom stereocenters. The average Bonchev–Trinajstić information content (AvgIpc) is 3.03. The summed E-state index contributed by atoms with van der Waals surface area (Å²) >= 11 is 0. The Labute approximate surface area is 145 Å². The minimum absolute atomic E-state index is 0.0334. The maximum atomic E-state index is 12.6. The third-order valence-corrected chi connectivity index (χ3v) is 4.99. The molecule has 3 heterocycles. The van der Waals surface area contributed by atoms with Crippen LogP contribution in [0.2, 0.25) is 0 Å². The maximum Gasteiger partial charge on any atom is 0.251 e. The number of fused-ring (bicyclic) bond motifs is 2. The number of hydrogen-bond donors (Lipinski definition) is 2. The van der Waals surface area contributed by atoms with Crippen molar-refractivity contribution in [1.82, 2.24) is 15.5 Å². The summed E-state index contributed by atoms with van der Waals surface area (Å²) in [6, 6.07) is 4.66. The molecule has 0 saturated carbocycles. The van der Waals surface area contributed by atoms with Gasteiger partial charge in [-0.05, 0) is 24.6 Å². The number of nitrogens with one attached hydrogen (secondary N) is 2. The van der Waals surface area contributed by atoms with E-state index in [1.54, 1.807) is 17.0 Å². The van der Waals surface area contributed by atoms with Crippen LogP contribution in [0.5, 0.6) is 5.75 Å². The van der Waals surface area contributed by atoms with Gasteiger partial charge in [0.2, 0.25) is 11.8 Å². The predicted octanol–water partition coefficient (Wildman–Crippen LogP) is -0.656. The monoisotopic (exact) mass is 344 g/mol. The SMILES string of the molecule is CN1CCOc2cc(C(=O)N[C@@H]3C[C@H]4C(=O)NCC(=O)N4C3)ccc21. The van der Waals surface area contributed by atoms with Crippen molar-refractivity contribution < 1.29 is 19.1 Å². The van der Waals surface area contributed by atoms with Crippen LogP contribution >= 0.6 is 0 Å². The first-order chi connectivity index (χ1) is 12.0. The molecule has 0 radical (unpaired) electrons. The van der Waals surface area contributed by atoms with Gasteiger partial charge in [0.15, 0.2) is 0 Å². The zero-order chi connectivity index (χ0) is 17.6. The molecular weight excluding hydrogens is 324 g/mol. The van der Waals surface area contributed by atoms with E-state index in [2.05, 4.69) is 15.5 Å². The van der Waals surface area contributed by atoms with Crippen molar-refractivity contribution in [2.75, 3.05) is 38.2 Å². The Hall–Kier alpha value is -2.77. The largest absolute Gasteiger partial charge is 0.490 e. The average molecular weight is 344 g/mol. The lowest BCUT2D eigenvalue weighted by Gasteiger charge is -2.28. The molecule has 8 nitrogen and oxygen atoms in total. The Morgan fingerprint density at radius 1 is 1.36 bits per heavy atom. The number of rotatable bonds is 2. The van der Waals surface area contributed by atoms with Gasteiger partial charge in [-0.25, -0.2) is 0 Å². The molecule has 4 rings (SSSR count). The van der Waals surface area contributed by atoms with Gasteiger partial charge < -0.3 is 25.2 Å². The highest BCUT2D eigenvalue weighted by atomic mass is 16.5. The summed E-state index contributed by atoms with van der Waals surface area (Å²) in [5, 5.41) is 5.51. The summed E-state index contributed by atoms with van der Waals surface area (Å²) < 4.78 is 5.63. The Morgan fingerprint density at radius 3 is 3.00 bits per heavy atom. The van der Waals surface area contributed by atoms with Crippen LogP contribution in [0.4, 0.5) is 5.69 Å². The van der Waals surface area contributed by atoms with Gasteiger partial charge in [-0.1, -0.05) is 0 Å². The molecule has 2 saturated heterocycles. The number of hydrogen-bond acceptors (Lipinski definition) is 5. The normalized spacial score (nSPS) is 25.0. The van der Waals surface area contributed by atoms with Crippen molar-refractivity contribution in [1.29, 1.82) is 0 Å². The van der Waals surface area contributed by atoms with Gasteiger partial charge in [-0.2, -0.15) is 0 Å². The van der Waals surface area contributed by atoms with Gasteiger partial charge in [0, 0.05) is 25.2 Å². The minimum atomic E-state index is -0.480. The molecule has 0 bridgehead atoms. The molecule has 132 valence electrons. The molecule has 1 aromatic rings. The van der Waals surface area contributed by atoms with Crippen molar-refractivity contribution in [2.45, 2.75) is 18.5 Å². The molecule has 0 aliphatic carbocycles. The quantitative estimate of drug-likeness (QED) is 0.744. The number of likely N-dealkylation sites (N-methyl/N-ethyl adjacent to an activating group) is 1. The van der Waals surface area contributed by atoms with Crippen LogP contribution in [-0.4, -0.2) is 68.0 Å². The fourth-order valence-electron chi connectivity index (χ4n) is 3.61. The van der Waals surface area contributed by atoms with Crippen molar-refractivity contribution in [3.63, 3.8) is 0 Å². The van der Waals surface area contributed by atoms with Crippen LogP contribution in [0.3, 0.4) is 0 Å². The van der Waals surface area contributed by atoms with Crippen molar-refractivity contribution in [3.8, 4) is 5.75 Å². The molecule has 2 fully saturated rings. The van der Waals surface area contributed by atoms with E-state index in [0.717, 1.165) is 12.2 Å². The van der Waals surface area contributed by atoms with Gasteiger partial charge in [0.25, 0.3) is 5.91 Å². The zero-order valence-electron chi connectivity index (χ0n) is 13.9. The Kier molecular flexibility index (Phi) is 3.74. The molecule has 8 heteroatoms. The summed E-state index contributed by atoms with van der Waals surface area (Å²) in [6.45, 7) is 1.80. The highest BCUT2D eigenvalue weighted by Crippen LogP contribution is 2.31. The molecule has 3 aliphatic heterocycles. The topological polar surface area (TPSA) is 91.0 Å². The van der Waals surface area contributed by atoms with Crippen LogP contribution in [0.15, 0.2) is 18.2 Å². The number of amides is 3. The first-order valence-electron chi connectivity index (χ1n) is 8.39. The standard InChI is InChI=1S/C17H20N4O4/c1-20-4-5-25-14-6-10(2-3-12(14)20)16(23)19-11-7-13-17(24)18-8-15(22)21(13)9-11/h2-3,6,11,13H,4-5,7-9H2,1H3,(H,18,24)(H,19,23)/t11-,13+/m1/s1. The van der Waals surface area contributed by atoms with E-state index in [4.69, 9.17) is 4.74 Å². The third kappa shape index (κ3) is 2.77. The van der Waals surface area contributed by atoms with E-state index < -0.39 is 6.04 Å². The maximum absolute atomic E-state index is 12.6. The molecule has 25 heavy (non-hydrogen) atoms. The number of carbonyl (C=O) groups excluding carboxylic acids is 3. The lowest BCUT2D eigenvalue weighted by molar-refractivity contribution is -0.143. The Bertz CT molecular complexity index is 726. The van der Waals surface area contributed by atoms with Crippen LogP contribution < -0.4 is 20.3 Å². The number of benzene rings is 1. The van der Waals surface area contributed by atoms with Crippen LogP contribution in [-0.2, 0) is 9.59 Å². The lowest BCUT2D eigenvalue weighted by atomic mass is 10.1. The van der Waals surface area contributed by atoms with Gasteiger partial charge in [0.1, 0.15) is 18.4 Å². The van der Waals surface area contributed by atoms with Gasteiger partial charge in [-0.15, -0.1) is 0 Å². The molecule has 2 N–H and O–H groups in total. The summed E-state index contributed by atoms with van der Waals surface area (Å²) in [5.74, 6) is 0.213. The number of carbonyl (C=O) groups is 3. The summed E-state index contributed by atoms with van der Waals surface area (Å²) in [7, 11) is 1.98. The number of piperazine rings is 1. The molecule has 3 aliphatic rings. The van der Waals surface area contributed by atoms with Crippen molar-refractivity contribution in [3.05, 3.63) is 23.8 Å². The first kappa shape index (κ1) is 15.7. The molecule has 0 aromatic heterocycles. The molecule has 2 atom stereocenters. The fourth-order valence-corrected chi connectivity index (χ4v) is 3.61. The second-order valence-corrected chi connectivity index (χ2v) is 6.64. The van der Waals surface area contributed by atoms with Gasteiger partial charge in [-0.3, -0.25) is 14.4 Å². The number of anilines is 1. The Balaban J connectivity index is 1.46. The molecule has 0 spiro atoms. The summed E-state index contributed by atoms with van der Waals surface area (Å²) in [6.07, 6.45) is 0.438. The fraction of sp³-hybridized carbons (Fsp3) is 0.471. The van der Waals surface area contributed by atoms with E-state index in [1.807, 2.05) is 13.1 Å². The van der Waals surface area contributed by atoms with E-state index >= 15 is 0 Å². The first-order valence-corrected chi connectivity index (χ1v) is 8.39. The van der Waals surface area contributed by atoms with E-state index in [1.165, 1.54) is 0 Å². The molecular formula is C17H20N4O4. The van der Waals surface area contributed by atoms with Crippen LogP contribution in [0, 0.1) is 0 Å². The van der Waals surface area contributed by atoms with Gasteiger partial charge >= 0.3 is 0 Å².